The maximum absolute atomic E-state index is 5.77. The molecule has 1 aromatic heterocycles. The lowest BCUT2D eigenvalue weighted by atomic mass is 10.3. The molecule has 1 rings (SSSR count). The molecule has 14 heavy (non-hydrogen) atoms. The maximum Gasteiger partial charge on any atom is 0.128 e. The molecule has 0 saturated carbocycles. The molecule has 1 aromatic rings. The van der Waals surface area contributed by atoms with Gasteiger partial charge in [0.2, 0.25) is 0 Å². The Morgan fingerprint density at radius 1 is 1.57 bits per heavy atom. The van der Waals surface area contributed by atoms with Gasteiger partial charge in [-0.25, -0.2) is 4.98 Å². The van der Waals surface area contributed by atoms with E-state index in [0.717, 1.165) is 11.6 Å². The summed E-state index contributed by atoms with van der Waals surface area (Å²) in [4.78, 5) is 6.43. The van der Waals surface area contributed by atoms with Gasteiger partial charge in [-0.15, -0.1) is 0 Å². The highest BCUT2D eigenvalue weighted by Crippen LogP contribution is 2.16. The third-order valence-corrected chi connectivity index (χ3v) is 3.18. The van der Waals surface area contributed by atoms with Crippen LogP contribution in [0.15, 0.2) is 18.3 Å². The molecule has 78 valence electrons. The molecule has 0 spiro atoms. The topological polar surface area (TPSA) is 16.1 Å². The lowest BCUT2D eigenvalue weighted by molar-refractivity contribution is 0.753. The predicted molar refractivity (Wildman–Crippen MR) is 65.5 cm³/mol. The third-order valence-electron chi connectivity index (χ3n) is 2.14. The molecule has 4 heteroatoms. The zero-order valence-electron chi connectivity index (χ0n) is 8.70. The van der Waals surface area contributed by atoms with Crippen molar-refractivity contribution in [1.82, 2.24) is 4.98 Å². The number of rotatable bonds is 4. The quantitative estimate of drug-likeness (QED) is 0.792. The van der Waals surface area contributed by atoms with E-state index >= 15 is 0 Å². The summed E-state index contributed by atoms with van der Waals surface area (Å²) < 4.78 is 0. The highest BCUT2D eigenvalue weighted by Gasteiger charge is 2.09. The molecule has 0 radical (unpaired) electrons. The summed E-state index contributed by atoms with van der Waals surface area (Å²) in [6.07, 6.45) is 3.79. The Bertz CT molecular complexity index is 276. The van der Waals surface area contributed by atoms with Crippen molar-refractivity contribution in [3.8, 4) is 0 Å². The highest BCUT2D eigenvalue weighted by molar-refractivity contribution is 7.98. The Morgan fingerprint density at radius 2 is 2.29 bits per heavy atom. The lowest BCUT2D eigenvalue weighted by Gasteiger charge is -2.25. The van der Waals surface area contributed by atoms with Crippen molar-refractivity contribution in [2.75, 3.05) is 24.0 Å². The summed E-state index contributed by atoms with van der Waals surface area (Å²) >= 11 is 7.61. The first-order valence-corrected chi connectivity index (χ1v) is 6.25. The van der Waals surface area contributed by atoms with Gasteiger partial charge in [0.15, 0.2) is 0 Å². The van der Waals surface area contributed by atoms with Crippen LogP contribution in [0.1, 0.15) is 6.92 Å². The van der Waals surface area contributed by atoms with Gasteiger partial charge in [-0.1, -0.05) is 11.6 Å². The van der Waals surface area contributed by atoms with Crippen LogP contribution in [0, 0.1) is 0 Å². The number of nitrogens with zero attached hydrogens (tertiary/aromatic N) is 2. The van der Waals surface area contributed by atoms with E-state index in [1.54, 1.807) is 6.20 Å². The van der Waals surface area contributed by atoms with E-state index in [9.17, 15) is 0 Å². The zero-order chi connectivity index (χ0) is 10.6. The lowest BCUT2D eigenvalue weighted by Crippen LogP contribution is -2.31. The monoisotopic (exact) mass is 230 g/mol. The normalized spacial score (nSPS) is 12.6. The van der Waals surface area contributed by atoms with Gasteiger partial charge in [-0.2, -0.15) is 11.8 Å². The van der Waals surface area contributed by atoms with E-state index in [1.807, 2.05) is 23.9 Å². The van der Waals surface area contributed by atoms with Crippen molar-refractivity contribution in [2.45, 2.75) is 13.0 Å². The molecule has 0 N–H and O–H groups in total. The summed E-state index contributed by atoms with van der Waals surface area (Å²) in [6.45, 7) is 2.19. The molecule has 1 heterocycles. The van der Waals surface area contributed by atoms with Crippen molar-refractivity contribution in [2.24, 2.45) is 0 Å². The Kier molecular flexibility index (Phi) is 4.55. The fraction of sp³-hybridized carbons (Fsp3) is 0.500. The minimum absolute atomic E-state index is 0.485. The molecule has 0 aromatic carbocycles. The molecule has 2 nitrogen and oxygen atoms in total. The van der Waals surface area contributed by atoms with E-state index in [4.69, 9.17) is 11.6 Å². The minimum atomic E-state index is 0.485. The van der Waals surface area contributed by atoms with E-state index in [1.165, 1.54) is 0 Å². The molecule has 0 amide bonds. The first-order valence-electron chi connectivity index (χ1n) is 4.48. The number of aromatic nitrogens is 1. The maximum atomic E-state index is 5.77. The highest BCUT2D eigenvalue weighted by atomic mass is 35.5. The van der Waals surface area contributed by atoms with Crippen LogP contribution in [-0.2, 0) is 0 Å². The number of anilines is 1. The second-order valence-corrected chi connectivity index (χ2v) is 4.60. The van der Waals surface area contributed by atoms with Gasteiger partial charge in [0.05, 0.1) is 5.02 Å². The smallest absolute Gasteiger partial charge is 0.128 e. The van der Waals surface area contributed by atoms with Crippen molar-refractivity contribution in [3.63, 3.8) is 0 Å². The first kappa shape index (κ1) is 11.7. The van der Waals surface area contributed by atoms with Crippen LogP contribution in [-0.4, -0.2) is 30.1 Å². The number of thioether (sulfide) groups is 1. The first-order chi connectivity index (χ1) is 6.65. The van der Waals surface area contributed by atoms with Gasteiger partial charge < -0.3 is 4.90 Å². The average molecular weight is 231 g/mol. The van der Waals surface area contributed by atoms with Gasteiger partial charge in [0.25, 0.3) is 0 Å². The van der Waals surface area contributed by atoms with Gasteiger partial charge in [0.1, 0.15) is 5.82 Å². The molecule has 0 fully saturated rings. The Hall–Kier alpha value is -0.410. The fourth-order valence-corrected chi connectivity index (χ4v) is 1.97. The van der Waals surface area contributed by atoms with Crippen LogP contribution >= 0.6 is 23.4 Å². The molecular weight excluding hydrogens is 216 g/mol. The van der Waals surface area contributed by atoms with Crippen molar-refractivity contribution < 1.29 is 0 Å². The molecule has 1 atom stereocenters. The van der Waals surface area contributed by atoms with E-state index < -0.39 is 0 Å². The molecule has 0 bridgehead atoms. The summed E-state index contributed by atoms with van der Waals surface area (Å²) in [5, 5.41) is 0.680. The molecular formula is C10H15ClN2S. The van der Waals surface area contributed by atoms with Gasteiger partial charge in [-0.3, -0.25) is 0 Å². The van der Waals surface area contributed by atoms with Crippen molar-refractivity contribution in [3.05, 3.63) is 23.4 Å². The number of hydrogen-bond donors (Lipinski definition) is 0. The van der Waals surface area contributed by atoms with Gasteiger partial charge >= 0.3 is 0 Å². The summed E-state index contributed by atoms with van der Waals surface area (Å²) in [7, 11) is 2.05. The second-order valence-electron chi connectivity index (χ2n) is 3.25. The SMILES string of the molecule is CSCC(C)N(C)c1ccc(Cl)cn1. The van der Waals surface area contributed by atoms with Crippen LogP contribution in [0.5, 0.6) is 0 Å². The predicted octanol–water partition coefficient (Wildman–Crippen LogP) is 2.92. The fourth-order valence-electron chi connectivity index (χ4n) is 1.16. The van der Waals surface area contributed by atoms with Crippen LogP contribution in [0.2, 0.25) is 5.02 Å². The third kappa shape index (κ3) is 3.07. The van der Waals surface area contributed by atoms with E-state index in [2.05, 4.69) is 30.1 Å². The van der Waals surface area contributed by atoms with Gasteiger partial charge in [-0.05, 0) is 25.3 Å². The zero-order valence-corrected chi connectivity index (χ0v) is 10.3. The molecule has 0 aliphatic rings. The van der Waals surface area contributed by atoms with Crippen LogP contribution < -0.4 is 4.90 Å². The second kappa shape index (κ2) is 5.47. The van der Waals surface area contributed by atoms with Crippen molar-refractivity contribution >= 4 is 29.2 Å². The van der Waals surface area contributed by atoms with E-state index in [-0.39, 0.29) is 0 Å². The summed E-state index contributed by atoms with van der Waals surface area (Å²) in [6, 6.07) is 4.30. The molecule has 0 aliphatic heterocycles. The Labute approximate surface area is 94.7 Å². The minimum Gasteiger partial charge on any atom is -0.356 e. The number of pyridine rings is 1. The summed E-state index contributed by atoms with van der Waals surface area (Å²) in [5.41, 5.74) is 0. The molecule has 1 unspecified atom stereocenters. The molecule has 0 aliphatic carbocycles. The van der Waals surface area contributed by atoms with Gasteiger partial charge in [0, 0.05) is 25.0 Å². The summed E-state index contributed by atoms with van der Waals surface area (Å²) in [5.74, 6) is 2.07. The van der Waals surface area contributed by atoms with Crippen molar-refractivity contribution in [1.29, 1.82) is 0 Å². The number of halogens is 1. The van der Waals surface area contributed by atoms with Crippen LogP contribution in [0.25, 0.3) is 0 Å². The van der Waals surface area contributed by atoms with Crippen LogP contribution in [0.3, 0.4) is 0 Å². The van der Waals surface area contributed by atoms with Crippen LogP contribution in [0.4, 0.5) is 5.82 Å². The average Bonchev–Trinajstić information content (AvgIpc) is 2.18. The Balaban J connectivity index is 2.68. The molecule has 0 saturated heterocycles. The number of hydrogen-bond acceptors (Lipinski definition) is 3. The van der Waals surface area contributed by atoms with E-state index in [0.29, 0.717) is 11.1 Å². The standard InChI is InChI=1S/C10H15ClN2S/c1-8(7-14-3)13(2)10-5-4-9(11)6-12-10/h4-6,8H,7H2,1-3H3. The Morgan fingerprint density at radius 3 is 2.79 bits per heavy atom. The largest absolute Gasteiger partial charge is 0.356 e.